The highest BCUT2D eigenvalue weighted by Gasteiger charge is 2.05. The van der Waals surface area contributed by atoms with Gasteiger partial charge in [-0.2, -0.15) is 0 Å². The first-order chi connectivity index (χ1) is 12.2. The molecule has 3 rings (SSSR count). The van der Waals surface area contributed by atoms with E-state index in [4.69, 9.17) is 0 Å². The molecule has 0 aromatic heterocycles. The van der Waals surface area contributed by atoms with Gasteiger partial charge in [0, 0.05) is 31.1 Å². The van der Waals surface area contributed by atoms with Gasteiger partial charge in [0.25, 0.3) is 0 Å². The van der Waals surface area contributed by atoms with Crippen molar-refractivity contribution in [3.63, 3.8) is 0 Å². The highest BCUT2D eigenvalue weighted by atomic mass is 16.3. The molecule has 0 fully saturated rings. The summed E-state index contributed by atoms with van der Waals surface area (Å²) >= 11 is 0. The lowest BCUT2D eigenvalue weighted by Crippen LogP contribution is -2.21. The van der Waals surface area contributed by atoms with Gasteiger partial charge in [-0.1, -0.05) is 48.5 Å². The lowest BCUT2D eigenvalue weighted by molar-refractivity contribution is 0.475. The fourth-order valence-electron chi connectivity index (χ4n) is 2.68. The Morgan fingerprint density at radius 1 is 0.920 bits per heavy atom. The summed E-state index contributed by atoms with van der Waals surface area (Å²) in [5.74, 6) is 0.226. The van der Waals surface area contributed by atoms with Gasteiger partial charge < -0.3 is 10.0 Å². The van der Waals surface area contributed by atoms with Crippen molar-refractivity contribution in [2.24, 2.45) is 4.99 Å². The maximum absolute atomic E-state index is 9.48. The summed E-state index contributed by atoms with van der Waals surface area (Å²) in [7, 11) is 0. The number of phenolic OH excluding ortho intramolecular Hbond substituents is 1. The maximum atomic E-state index is 9.48. The van der Waals surface area contributed by atoms with E-state index in [9.17, 15) is 5.11 Å². The highest BCUT2D eigenvalue weighted by Crippen LogP contribution is 2.20. The Morgan fingerprint density at radius 3 is 2.36 bits per heavy atom. The molecule has 0 saturated heterocycles. The molecule has 0 aliphatic rings. The molecular formula is C22H22N2O. The Kier molecular flexibility index (Phi) is 5.47. The monoisotopic (exact) mass is 330 g/mol. The molecular weight excluding hydrogens is 308 g/mol. The van der Waals surface area contributed by atoms with Crippen molar-refractivity contribution in [3.8, 4) is 5.75 Å². The van der Waals surface area contributed by atoms with Crippen LogP contribution in [0.3, 0.4) is 0 Å². The summed E-state index contributed by atoms with van der Waals surface area (Å²) in [6.45, 7) is 4.01. The number of aliphatic imine (C=N–C) groups is 1. The lowest BCUT2D eigenvalue weighted by Gasteiger charge is -2.23. The molecule has 0 heterocycles. The van der Waals surface area contributed by atoms with Crippen LogP contribution in [-0.2, 0) is 6.54 Å². The summed E-state index contributed by atoms with van der Waals surface area (Å²) in [5.41, 5.74) is 4.27. The van der Waals surface area contributed by atoms with Gasteiger partial charge in [0.05, 0.1) is 5.69 Å². The summed E-state index contributed by atoms with van der Waals surface area (Å²) in [6, 6.07) is 25.8. The molecule has 0 radical (unpaired) electrons. The molecule has 0 aliphatic heterocycles. The van der Waals surface area contributed by atoms with Crippen molar-refractivity contribution < 1.29 is 5.11 Å². The van der Waals surface area contributed by atoms with E-state index >= 15 is 0 Å². The Hall–Kier alpha value is -3.07. The predicted molar refractivity (Wildman–Crippen MR) is 105 cm³/mol. The third kappa shape index (κ3) is 4.70. The van der Waals surface area contributed by atoms with Gasteiger partial charge in [-0.3, -0.25) is 4.99 Å². The summed E-state index contributed by atoms with van der Waals surface area (Å²) in [4.78, 5) is 6.74. The van der Waals surface area contributed by atoms with Crippen molar-refractivity contribution in [1.82, 2.24) is 0 Å². The number of hydrogen-bond donors (Lipinski definition) is 1. The second-order valence-corrected chi connectivity index (χ2v) is 5.87. The van der Waals surface area contributed by atoms with Crippen LogP contribution in [0.2, 0.25) is 0 Å². The zero-order valence-corrected chi connectivity index (χ0v) is 14.3. The summed E-state index contributed by atoms with van der Waals surface area (Å²) in [6.07, 6.45) is 1.81. The second kappa shape index (κ2) is 8.15. The smallest absolute Gasteiger partial charge is 0.117 e. The number of aromatic hydroxyl groups is 1. The second-order valence-electron chi connectivity index (χ2n) is 5.87. The van der Waals surface area contributed by atoms with E-state index in [1.807, 2.05) is 18.3 Å². The van der Waals surface area contributed by atoms with E-state index in [1.54, 1.807) is 18.2 Å². The largest absolute Gasteiger partial charge is 0.508 e. The molecule has 0 aliphatic carbocycles. The Bertz CT molecular complexity index is 826. The number of rotatable bonds is 6. The van der Waals surface area contributed by atoms with Gasteiger partial charge in [0.2, 0.25) is 0 Å². The minimum absolute atomic E-state index is 0.226. The van der Waals surface area contributed by atoms with E-state index < -0.39 is 0 Å². The van der Waals surface area contributed by atoms with Gasteiger partial charge in [-0.25, -0.2) is 0 Å². The molecule has 3 heteroatoms. The lowest BCUT2D eigenvalue weighted by atomic mass is 10.1. The Balaban J connectivity index is 1.70. The molecule has 0 bridgehead atoms. The van der Waals surface area contributed by atoms with Gasteiger partial charge in [-0.15, -0.1) is 0 Å². The molecule has 0 unspecified atom stereocenters. The molecule has 3 nitrogen and oxygen atoms in total. The van der Waals surface area contributed by atoms with Crippen molar-refractivity contribution >= 4 is 17.6 Å². The SMILES string of the molecule is CCN(Cc1ccccc1)c1ccc(C=Nc2cccc(O)c2)cc1. The van der Waals surface area contributed by atoms with Gasteiger partial charge in [0.15, 0.2) is 0 Å². The van der Waals surface area contributed by atoms with Crippen molar-refractivity contribution in [2.45, 2.75) is 13.5 Å². The summed E-state index contributed by atoms with van der Waals surface area (Å²) in [5, 5.41) is 9.48. The maximum Gasteiger partial charge on any atom is 0.117 e. The first kappa shape index (κ1) is 16.8. The molecule has 3 aromatic rings. The fourth-order valence-corrected chi connectivity index (χ4v) is 2.68. The van der Waals surface area contributed by atoms with Crippen molar-refractivity contribution in [2.75, 3.05) is 11.4 Å². The first-order valence-corrected chi connectivity index (χ1v) is 8.46. The van der Waals surface area contributed by atoms with Crippen LogP contribution < -0.4 is 4.90 Å². The van der Waals surface area contributed by atoms with Crippen LogP contribution >= 0.6 is 0 Å². The standard InChI is InChI=1S/C22H22N2O/c1-2-24(17-19-7-4-3-5-8-19)21-13-11-18(12-14-21)16-23-20-9-6-10-22(25)15-20/h3-16,25H,2,17H2,1H3. The molecule has 0 amide bonds. The van der Waals surface area contributed by atoms with E-state index in [0.717, 1.165) is 24.3 Å². The Labute approximate surface area is 148 Å². The van der Waals surface area contributed by atoms with E-state index in [0.29, 0.717) is 0 Å². The number of hydrogen-bond acceptors (Lipinski definition) is 3. The van der Waals surface area contributed by atoms with Crippen molar-refractivity contribution in [1.29, 1.82) is 0 Å². The topological polar surface area (TPSA) is 35.8 Å². The van der Waals surface area contributed by atoms with Gasteiger partial charge >= 0.3 is 0 Å². The van der Waals surface area contributed by atoms with E-state index in [2.05, 4.69) is 65.3 Å². The normalized spacial score (nSPS) is 10.9. The average molecular weight is 330 g/mol. The molecule has 25 heavy (non-hydrogen) atoms. The van der Waals surface area contributed by atoms with Gasteiger partial charge in [0.1, 0.15) is 5.75 Å². The first-order valence-electron chi connectivity index (χ1n) is 8.46. The number of nitrogens with zero attached hydrogens (tertiary/aromatic N) is 2. The third-order valence-electron chi connectivity index (χ3n) is 4.05. The molecule has 3 aromatic carbocycles. The van der Waals surface area contributed by atoms with Crippen LogP contribution in [0.4, 0.5) is 11.4 Å². The molecule has 0 spiro atoms. The van der Waals surface area contributed by atoms with Crippen molar-refractivity contribution in [3.05, 3.63) is 90.0 Å². The molecule has 126 valence electrons. The summed E-state index contributed by atoms with van der Waals surface area (Å²) < 4.78 is 0. The van der Waals surface area contributed by atoms with Crippen LogP contribution in [0.1, 0.15) is 18.1 Å². The molecule has 0 atom stereocenters. The number of anilines is 1. The Morgan fingerprint density at radius 2 is 1.68 bits per heavy atom. The zero-order chi connectivity index (χ0) is 17.5. The average Bonchev–Trinajstić information content (AvgIpc) is 2.66. The highest BCUT2D eigenvalue weighted by molar-refractivity contribution is 5.82. The molecule has 1 N–H and O–H groups in total. The number of phenols is 1. The van der Waals surface area contributed by atoms with Crippen LogP contribution in [0, 0.1) is 0 Å². The van der Waals surface area contributed by atoms with E-state index in [1.165, 1.54) is 11.3 Å². The fraction of sp³-hybridized carbons (Fsp3) is 0.136. The van der Waals surface area contributed by atoms with Crippen LogP contribution in [-0.4, -0.2) is 17.9 Å². The van der Waals surface area contributed by atoms with Crippen LogP contribution in [0.15, 0.2) is 83.9 Å². The molecule has 0 saturated carbocycles. The van der Waals surface area contributed by atoms with Crippen LogP contribution in [0.5, 0.6) is 5.75 Å². The minimum atomic E-state index is 0.226. The third-order valence-corrected chi connectivity index (χ3v) is 4.05. The number of benzene rings is 3. The van der Waals surface area contributed by atoms with Crippen LogP contribution in [0.25, 0.3) is 0 Å². The predicted octanol–water partition coefficient (Wildman–Crippen LogP) is 5.17. The quantitative estimate of drug-likeness (QED) is 0.633. The van der Waals surface area contributed by atoms with Gasteiger partial charge in [-0.05, 0) is 42.3 Å². The van der Waals surface area contributed by atoms with E-state index in [-0.39, 0.29) is 5.75 Å². The zero-order valence-electron chi connectivity index (χ0n) is 14.3. The minimum Gasteiger partial charge on any atom is -0.508 e.